The van der Waals surface area contributed by atoms with E-state index in [0.29, 0.717) is 31.0 Å². The van der Waals surface area contributed by atoms with Crippen LogP contribution in [0.1, 0.15) is 37.3 Å². The molecule has 1 aliphatic heterocycles. The molecule has 2 aromatic rings. The molecule has 0 unspecified atom stereocenters. The molecule has 1 fully saturated rings. The Bertz CT molecular complexity index is 820. The Balaban J connectivity index is 1.81. The molecule has 0 aromatic heterocycles. The second-order valence-corrected chi connectivity index (χ2v) is 8.02. The van der Waals surface area contributed by atoms with Crippen LogP contribution in [0, 0.1) is 0 Å². The maximum atomic E-state index is 13.2. The number of hydrogen-bond acceptors (Lipinski definition) is 3. The number of halogens is 1. The van der Waals surface area contributed by atoms with Gasteiger partial charge in [-0.1, -0.05) is 61.0 Å². The lowest BCUT2D eigenvalue weighted by Crippen LogP contribution is -2.51. The van der Waals surface area contributed by atoms with Crippen molar-refractivity contribution >= 4 is 23.4 Å². The molecule has 2 amide bonds. The third-order valence-corrected chi connectivity index (χ3v) is 5.62. The Morgan fingerprint density at radius 3 is 2.50 bits per heavy atom. The zero-order valence-electron chi connectivity index (χ0n) is 17.4. The summed E-state index contributed by atoms with van der Waals surface area (Å²) in [5.74, 6) is -0.205. The second kappa shape index (κ2) is 11.1. The van der Waals surface area contributed by atoms with Crippen LogP contribution in [0.25, 0.3) is 0 Å². The van der Waals surface area contributed by atoms with E-state index >= 15 is 0 Å². The largest absolute Gasteiger partial charge is 0.376 e. The maximum absolute atomic E-state index is 13.2. The van der Waals surface area contributed by atoms with E-state index in [1.54, 1.807) is 17.0 Å². The van der Waals surface area contributed by atoms with Gasteiger partial charge in [0, 0.05) is 37.6 Å². The summed E-state index contributed by atoms with van der Waals surface area (Å²) in [5, 5.41) is 3.66. The molecule has 5 nitrogen and oxygen atoms in total. The van der Waals surface area contributed by atoms with Gasteiger partial charge in [-0.3, -0.25) is 9.59 Å². The smallest absolute Gasteiger partial charge is 0.243 e. The molecule has 1 N–H and O–H groups in total. The fourth-order valence-corrected chi connectivity index (χ4v) is 3.81. The summed E-state index contributed by atoms with van der Waals surface area (Å²) in [5.41, 5.74) is 1.95. The number of hydrogen-bond donors (Lipinski definition) is 1. The zero-order valence-corrected chi connectivity index (χ0v) is 18.1. The predicted octanol–water partition coefficient (Wildman–Crippen LogP) is 3.99. The molecule has 1 aliphatic rings. The van der Waals surface area contributed by atoms with E-state index in [2.05, 4.69) is 5.32 Å². The van der Waals surface area contributed by atoms with Gasteiger partial charge in [0.15, 0.2) is 0 Å². The van der Waals surface area contributed by atoms with Crippen LogP contribution in [0.4, 0.5) is 0 Å². The van der Waals surface area contributed by atoms with Gasteiger partial charge in [0.25, 0.3) is 0 Å². The van der Waals surface area contributed by atoms with Crippen LogP contribution in [0.3, 0.4) is 0 Å². The minimum absolute atomic E-state index is 0.0536. The van der Waals surface area contributed by atoms with Gasteiger partial charge in [-0.15, -0.1) is 0 Å². The highest BCUT2D eigenvalue weighted by Gasteiger charge is 2.30. The second-order valence-electron chi connectivity index (χ2n) is 7.59. The average Bonchev–Trinajstić information content (AvgIpc) is 3.29. The molecule has 6 heteroatoms. The highest BCUT2D eigenvalue weighted by atomic mass is 35.5. The van der Waals surface area contributed by atoms with Crippen molar-refractivity contribution in [2.75, 3.05) is 13.2 Å². The van der Waals surface area contributed by atoms with Crippen molar-refractivity contribution in [3.8, 4) is 0 Å². The SMILES string of the molecule is CCC(=O)N(Cc1ccc(Cl)cc1)[C@H](Cc1ccccc1)C(=O)NC[C@@H]1CCCO1. The van der Waals surface area contributed by atoms with Crippen LogP contribution in [-0.2, 0) is 27.3 Å². The van der Waals surface area contributed by atoms with Gasteiger partial charge < -0.3 is 15.0 Å². The summed E-state index contributed by atoms with van der Waals surface area (Å²) in [7, 11) is 0. The first-order valence-corrected chi connectivity index (χ1v) is 10.9. The van der Waals surface area contributed by atoms with Crippen LogP contribution in [0.2, 0.25) is 5.02 Å². The minimum Gasteiger partial charge on any atom is -0.376 e. The first kappa shape index (κ1) is 22.3. The molecule has 1 heterocycles. The fraction of sp³-hybridized carbons (Fsp3) is 0.417. The summed E-state index contributed by atoms with van der Waals surface area (Å²) in [6.07, 6.45) is 2.81. The number of nitrogens with zero attached hydrogens (tertiary/aromatic N) is 1. The summed E-state index contributed by atoms with van der Waals surface area (Å²) >= 11 is 6.01. The van der Waals surface area contributed by atoms with E-state index in [4.69, 9.17) is 16.3 Å². The van der Waals surface area contributed by atoms with Crippen molar-refractivity contribution in [3.63, 3.8) is 0 Å². The topological polar surface area (TPSA) is 58.6 Å². The molecular formula is C24H29ClN2O3. The van der Waals surface area contributed by atoms with E-state index < -0.39 is 6.04 Å². The molecular weight excluding hydrogens is 400 g/mol. The predicted molar refractivity (Wildman–Crippen MR) is 118 cm³/mol. The molecule has 0 aliphatic carbocycles. The number of rotatable bonds is 9. The number of benzene rings is 2. The molecule has 30 heavy (non-hydrogen) atoms. The Morgan fingerprint density at radius 1 is 1.13 bits per heavy atom. The van der Waals surface area contributed by atoms with E-state index in [1.807, 2.05) is 49.4 Å². The molecule has 0 radical (unpaired) electrons. The molecule has 1 saturated heterocycles. The first-order valence-electron chi connectivity index (χ1n) is 10.5. The minimum atomic E-state index is -0.600. The van der Waals surface area contributed by atoms with Gasteiger partial charge in [-0.05, 0) is 36.1 Å². The van der Waals surface area contributed by atoms with E-state index in [-0.39, 0.29) is 17.9 Å². The Hall–Kier alpha value is -2.37. The van der Waals surface area contributed by atoms with Gasteiger partial charge in [0.05, 0.1) is 6.10 Å². The quantitative estimate of drug-likeness (QED) is 0.657. The van der Waals surface area contributed by atoms with Gasteiger partial charge in [-0.25, -0.2) is 0 Å². The number of carbonyl (C=O) groups is 2. The zero-order chi connectivity index (χ0) is 21.3. The van der Waals surface area contributed by atoms with Gasteiger partial charge in [0.1, 0.15) is 6.04 Å². The Labute approximate surface area is 183 Å². The van der Waals surface area contributed by atoms with Crippen LogP contribution >= 0.6 is 11.6 Å². The van der Waals surface area contributed by atoms with Crippen molar-refractivity contribution in [3.05, 3.63) is 70.7 Å². The standard InChI is InChI=1S/C24H29ClN2O3/c1-2-23(28)27(17-19-10-12-20(25)13-11-19)22(15-18-7-4-3-5-8-18)24(29)26-16-21-9-6-14-30-21/h3-5,7-8,10-13,21-22H,2,6,9,14-17H2,1H3,(H,26,29)/t21-,22+/m0/s1. The van der Waals surface area contributed by atoms with Crippen LogP contribution in [-0.4, -0.2) is 42.0 Å². The summed E-state index contributed by atoms with van der Waals surface area (Å²) < 4.78 is 5.63. The molecule has 160 valence electrons. The van der Waals surface area contributed by atoms with Gasteiger partial charge >= 0.3 is 0 Å². The molecule has 2 aromatic carbocycles. The first-order chi connectivity index (χ1) is 14.6. The average molecular weight is 429 g/mol. The van der Waals surface area contributed by atoms with Crippen molar-refractivity contribution < 1.29 is 14.3 Å². The van der Waals surface area contributed by atoms with Crippen molar-refractivity contribution in [2.45, 2.75) is 51.3 Å². The third kappa shape index (κ3) is 6.31. The Kier molecular flexibility index (Phi) is 8.29. The van der Waals surface area contributed by atoms with Crippen molar-refractivity contribution in [1.29, 1.82) is 0 Å². The number of carbonyl (C=O) groups excluding carboxylic acids is 2. The van der Waals surface area contributed by atoms with E-state index in [0.717, 1.165) is 30.6 Å². The summed E-state index contributed by atoms with van der Waals surface area (Å²) in [6.45, 7) is 3.39. The third-order valence-electron chi connectivity index (χ3n) is 5.37. The normalized spacial score (nSPS) is 16.8. The molecule has 3 rings (SSSR count). The summed E-state index contributed by atoms with van der Waals surface area (Å²) in [4.78, 5) is 27.8. The molecule has 0 saturated carbocycles. The van der Waals surface area contributed by atoms with E-state index in [1.165, 1.54) is 0 Å². The monoisotopic (exact) mass is 428 g/mol. The highest BCUT2D eigenvalue weighted by molar-refractivity contribution is 6.30. The van der Waals surface area contributed by atoms with Crippen LogP contribution in [0.5, 0.6) is 0 Å². The fourth-order valence-electron chi connectivity index (χ4n) is 3.68. The lowest BCUT2D eigenvalue weighted by atomic mass is 10.0. The lowest BCUT2D eigenvalue weighted by Gasteiger charge is -2.31. The molecule has 0 bridgehead atoms. The van der Waals surface area contributed by atoms with Crippen LogP contribution < -0.4 is 5.32 Å². The van der Waals surface area contributed by atoms with Gasteiger partial charge in [0.2, 0.25) is 11.8 Å². The lowest BCUT2D eigenvalue weighted by molar-refractivity contribution is -0.141. The highest BCUT2D eigenvalue weighted by Crippen LogP contribution is 2.18. The van der Waals surface area contributed by atoms with Gasteiger partial charge in [-0.2, -0.15) is 0 Å². The van der Waals surface area contributed by atoms with E-state index in [9.17, 15) is 9.59 Å². The number of amides is 2. The van der Waals surface area contributed by atoms with Crippen molar-refractivity contribution in [2.24, 2.45) is 0 Å². The number of ether oxygens (including phenoxy) is 1. The maximum Gasteiger partial charge on any atom is 0.243 e. The number of nitrogens with one attached hydrogen (secondary N) is 1. The molecule has 0 spiro atoms. The summed E-state index contributed by atoms with van der Waals surface area (Å²) in [6, 6.07) is 16.6. The molecule has 2 atom stereocenters. The van der Waals surface area contributed by atoms with Crippen LogP contribution in [0.15, 0.2) is 54.6 Å². The Morgan fingerprint density at radius 2 is 1.87 bits per heavy atom. The van der Waals surface area contributed by atoms with Crippen molar-refractivity contribution in [1.82, 2.24) is 10.2 Å².